The van der Waals surface area contributed by atoms with E-state index < -0.39 is 0 Å². The molecule has 3 heteroatoms. The molecule has 0 fully saturated rings. The molecule has 21 heavy (non-hydrogen) atoms. The fraction of sp³-hybridized carbons (Fsp3) is 0.333. The Hall–Kier alpha value is -1.67. The zero-order chi connectivity index (χ0) is 14.8. The molecule has 2 aromatic carbocycles. The van der Waals surface area contributed by atoms with Crippen LogP contribution >= 0.6 is 11.6 Å². The van der Waals surface area contributed by atoms with Gasteiger partial charge in [0, 0.05) is 5.56 Å². The van der Waals surface area contributed by atoms with Gasteiger partial charge in [0.1, 0.15) is 13.2 Å². The van der Waals surface area contributed by atoms with Crippen LogP contribution in [0.1, 0.15) is 27.6 Å². The van der Waals surface area contributed by atoms with Crippen molar-refractivity contribution in [3.05, 3.63) is 58.7 Å². The van der Waals surface area contributed by atoms with Gasteiger partial charge in [-0.25, -0.2) is 0 Å². The Balaban J connectivity index is 1.89. The van der Waals surface area contributed by atoms with E-state index in [2.05, 4.69) is 32.0 Å². The highest BCUT2D eigenvalue weighted by Crippen LogP contribution is 2.40. The van der Waals surface area contributed by atoms with E-state index in [1.54, 1.807) is 0 Å². The molecule has 0 amide bonds. The number of hydrogen-bond donors (Lipinski definition) is 0. The van der Waals surface area contributed by atoms with Crippen LogP contribution in [0.15, 0.2) is 36.4 Å². The summed E-state index contributed by atoms with van der Waals surface area (Å²) >= 11 is 6.67. The molecule has 0 aliphatic carbocycles. The van der Waals surface area contributed by atoms with Gasteiger partial charge in [-0.2, -0.15) is 0 Å². The van der Waals surface area contributed by atoms with Crippen molar-refractivity contribution in [2.24, 2.45) is 0 Å². The van der Waals surface area contributed by atoms with Gasteiger partial charge in [0.15, 0.2) is 11.5 Å². The maximum absolute atomic E-state index is 6.67. The minimum atomic E-state index is -0.123. The number of para-hydroxylation sites is 1. The number of alkyl halides is 1. The molecule has 1 aliphatic rings. The smallest absolute Gasteiger partial charge is 0.166 e. The van der Waals surface area contributed by atoms with Crippen molar-refractivity contribution in [3.63, 3.8) is 0 Å². The van der Waals surface area contributed by atoms with Crippen LogP contribution in [0.2, 0.25) is 0 Å². The summed E-state index contributed by atoms with van der Waals surface area (Å²) in [6.45, 7) is 5.41. The summed E-state index contributed by atoms with van der Waals surface area (Å²) < 4.78 is 11.4. The van der Waals surface area contributed by atoms with Crippen LogP contribution in [0.5, 0.6) is 11.5 Å². The van der Waals surface area contributed by atoms with E-state index in [1.165, 1.54) is 16.7 Å². The largest absolute Gasteiger partial charge is 0.486 e. The lowest BCUT2D eigenvalue weighted by atomic mass is 9.97. The molecule has 0 saturated carbocycles. The maximum Gasteiger partial charge on any atom is 0.166 e. The predicted octanol–water partition coefficient (Wildman–Crippen LogP) is 4.60. The number of benzene rings is 2. The van der Waals surface area contributed by atoms with Crippen LogP contribution in [0.3, 0.4) is 0 Å². The van der Waals surface area contributed by atoms with Crippen molar-refractivity contribution >= 4 is 11.6 Å². The average Bonchev–Trinajstić information content (AvgIpc) is 2.50. The molecule has 3 rings (SSSR count). The summed E-state index contributed by atoms with van der Waals surface area (Å²) in [7, 11) is 0. The lowest BCUT2D eigenvalue weighted by Gasteiger charge is -2.23. The molecule has 0 saturated heterocycles. The van der Waals surface area contributed by atoms with E-state index in [9.17, 15) is 0 Å². The van der Waals surface area contributed by atoms with Gasteiger partial charge in [-0.15, -0.1) is 11.6 Å². The fourth-order valence-electron chi connectivity index (χ4n) is 2.67. The number of ether oxygens (including phenoxy) is 2. The molecule has 2 aromatic rings. The van der Waals surface area contributed by atoms with Crippen molar-refractivity contribution in [1.29, 1.82) is 0 Å². The first-order valence-electron chi connectivity index (χ1n) is 7.24. The van der Waals surface area contributed by atoms with E-state index in [0.717, 1.165) is 23.5 Å². The van der Waals surface area contributed by atoms with Gasteiger partial charge in [0.05, 0.1) is 5.38 Å². The number of halogens is 1. The van der Waals surface area contributed by atoms with Crippen LogP contribution < -0.4 is 9.47 Å². The number of rotatable bonds is 3. The second-order valence-corrected chi connectivity index (χ2v) is 6.00. The second kappa shape index (κ2) is 5.98. The Bertz CT molecular complexity index is 652. The van der Waals surface area contributed by atoms with Gasteiger partial charge >= 0.3 is 0 Å². The molecule has 0 bridgehead atoms. The van der Waals surface area contributed by atoms with Gasteiger partial charge in [-0.1, -0.05) is 35.9 Å². The van der Waals surface area contributed by atoms with Gasteiger partial charge in [0.2, 0.25) is 0 Å². The zero-order valence-corrected chi connectivity index (χ0v) is 13.1. The first-order valence-corrected chi connectivity index (χ1v) is 7.67. The van der Waals surface area contributed by atoms with Crippen LogP contribution in [0.25, 0.3) is 0 Å². The van der Waals surface area contributed by atoms with Crippen molar-refractivity contribution in [3.8, 4) is 11.5 Å². The summed E-state index contributed by atoms with van der Waals surface area (Å²) in [4.78, 5) is 0. The molecule has 1 unspecified atom stereocenters. The molecule has 0 spiro atoms. The minimum absolute atomic E-state index is 0.123. The first-order chi connectivity index (χ1) is 10.1. The van der Waals surface area contributed by atoms with Gasteiger partial charge < -0.3 is 9.47 Å². The summed E-state index contributed by atoms with van der Waals surface area (Å²) in [5.74, 6) is 1.60. The highest BCUT2D eigenvalue weighted by Gasteiger charge is 2.21. The molecule has 110 valence electrons. The summed E-state index contributed by atoms with van der Waals surface area (Å²) in [6, 6.07) is 12.4. The molecule has 2 nitrogen and oxygen atoms in total. The SMILES string of the molecule is Cc1ccc(C)c(CC(Cl)c2cccc3c2OCCO3)c1. The maximum atomic E-state index is 6.67. The third-order valence-electron chi connectivity index (χ3n) is 3.84. The normalized spacial score (nSPS) is 14.8. The lowest BCUT2D eigenvalue weighted by Crippen LogP contribution is -2.17. The van der Waals surface area contributed by atoms with Gasteiger partial charge in [-0.3, -0.25) is 0 Å². The van der Waals surface area contributed by atoms with Gasteiger partial charge in [-0.05, 0) is 37.5 Å². The van der Waals surface area contributed by atoms with E-state index in [-0.39, 0.29) is 5.38 Å². The molecule has 1 aliphatic heterocycles. The summed E-state index contributed by atoms with van der Waals surface area (Å²) in [6.07, 6.45) is 0.787. The molecule has 1 atom stereocenters. The predicted molar refractivity (Wildman–Crippen MR) is 85.6 cm³/mol. The van der Waals surface area contributed by atoms with Crippen molar-refractivity contribution in [2.45, 2.75) is 25.6 Å². The topological polar surface area (TPSA) is 18.5 Å². The molecule has 0 aromatic heterocycles. The molecule has 0 N–H and O–H groups in total. The van der Waals surface area contributed by atoms with Crippen LogP contribution in [-0.2, 0) is 6.42 Å². The molecule has 1 heterocycles. The number of hydrogen-bond acceptors (Lipinski definition) is 2. The van der Waals surface area contributed by atoms with Gasteiger partial charge in [0.25, 0.3) is 0 Å². The third-order valence-corrected chi connectivity index (χ3v) is 4.23. The van der Waals surface area contributed by atoms with Crippen LogP contribution in [0.4, 0.5) is 0 Å². The van der Waals surface area contributed by atoms with Crippen molar-refractivity contribution < 1.29 is 9.47 Å². The first kappa shape index (κ1) is 14.3. The van der Waals surface area contributed by atoms with Crippen molar-refractivity contribution in [1.82, 2.24) is 0 Å². The molecule has 0 radical (unpaired) electrons. The van der Waals surface area contributed by atoms with E-state index in [1.807, 2.05) is 18.2 Å². The lowest BCUT2D eigenvalue weighted by molar-refractivity contribution is 0.170. The minimum Gasteiger partial charge on any atom is -0.486 e. The quantitative estimate of drug-likeness (QED) is 0.772. The standard InChI is InChI=1S/C18H19ClO2/c1-12-6-7-13(2)14(10-12)11-16(19)15-4-3-5-17-18(15)21-9-8-20-17/h3-7,10,16H,8-9,11H2,1-2H3. The molecular weight excluding hydrogens is 284 g/mol. The average molecular weight is 303 g/mol. The summed E-state index contributed by atoms with van der Waals surface area (Å²) in [5.41, 5.74) is 4.82. The van der Waals surface area contributed by atoms with Crippen molar-refractivity contribution in [2.75, 3.05) is 13.2 Å². The Labute approximate surface area is 130 Å². The van der Waals surface area contributed by atoms with E-state index >= 15 is 0 Å². The highest BCUT2D eigenvalue weighted by molar-refractivity contribution is 6.21. The third kappa shape index (κ3) is 3.01. The van der Waals surface area contributed by atoms with E-state index in [0.29, 0.717) is 13.2 Å². The molecular formula is C18H19ClO2. The fourth-order valence-corrected chi connectivity index (χ4v) is 3.00. The monoisotopic (exact) mass is 302 g/mol. The number of fused-ring (bicyclic) bond motifs is 1. The Kier molecular flexibility index (Phi) is 4.07. The van der Waals surface area contributed by atoms with E-state index in [4.69, 9.17) is 21.1 Å². The second-order valence-electron chi connectivity index (χ2n) is 5.47. The number of aryl methyl sites for hydroxylation is 2. The Morgan fingerprint density at radius 2 is 1.90 bits per heavy atom. The van der Waals surface area contributed by atoms with Crippen LogP contribution in [-0.4, -0.2) is 13.2 Å². The highest BCUT2D eigenvalue weighted by atomic mass is 35.5. The summed E-state index contributed by atoms with van der Waals surface area (Å²) in [5, 5.41) is -0.123. The Morgan fingerprint density at radius 3 is 2.76 bits per heavy atom. The Morgan fingerprint density at radius 1 is 1.10 bits per heavy atom. The zero-order valence-electron chi connectivity index (χ0n) is 12.4. The van der Waals surface area contributed by atoms with Crippen LogP contribution in [0, 0.1) is 13.8 Å².